The van der Waals surface area contributed by atoms with E-state index < -0.39 is 0 Å². The van der Waals surface area contributed by atoms with Crippen LogP contribution in [0.2, 0.25) is 0 Å². The van der Waals surface area contributed by atoms with Gasteiger partial charge in [0.05, 0.1) is 18.7 Å². The lowest BCUT2D eigenvalue weighted by molar-refractivity contribution is 0.110. The second-order valence-electron chi connectivity index (χ2n) is 5.31. The van der Waals surface area contributed by atoms with Gasteiger partial charge in [-0.2, -0.15) is 0 Å². The summed E-state index contributed by atoms with van der Waals surface area (Å²) in [6.45, 7) is 5.60. The van der Waals surface area contributed by atoms with Crippen molar-refractivity contribution in [1.29, 1.82) is 0 Å². The van der Waals surface area contributed by atoms with Crippen molar-refractivity contribution in [1.82, 2.24) is 9.88 Å². The molecule has 1 aromatic heterocycles. The quantitative estimate of drug-likeness (QED) is 0.870. The van der Waals surface area contributed by atoms with E-state index in [-0.39, 0.29) is 6.09 Å². The first-order chi connectivity index (χ1) is 10.1. The molecule has 0 unspecified atom stereocenters. The molecule has 1 aliphatic rings. The molecule has 0 bridgehead atoms. The number of fused-ring (bicyclic) bond motifs is 2. The van der Waals surface area contributed by atoms with Crippen LogP contribution in [0.25, 0.3) is 10.9 Å². The lowest BCUT2D eigenvalue weighted by Gasteiger charge is -2.27. The topological polar surface area (TPSA) is 51.7 Å². The van der Waals surface area contributed by atoms with Crippen molar-refractivity contribution in [2.45, 2.75) is 20.4 Å². The zero-order valence-electron chi connectivity index (χ0n) is 12.5. The highest BCUT2D eigenvalue weighted by Gasteiger charge is 2.26. The Kier molecular flexibility index (Phi) is 3.51. The molecule has 1 aliphatic heterocycles. The fourth-order valence-electron chi connectivity index (χ4n) is 2.50. The van der Waals surface area contributed by atoms with Gasteiger partial charge in [0.2, 0.25) is 5.88 Å². The van der Waals surface area contributed by atoms with E-state index >= 15 is 0 Å². The van der Waals surface area contributed by atoms with Gasteiger partial charge in [0.1, 0.15) is 0 Å². The molecule has 5 heteroatoms. The van der Waals surface area contributed by atoms with Crippen molar-refractivity contribution in [2.24, 2.45) is 0 Å². The molecule has 0 radical (unpaired) electrons. The standard InChI is InChI=1S/C16H18N2O3/c1-10-4-5-12-8-13-9-18(6-7-20-3)16(19)21-15(13)17-14(12)11(10)2/h4-5,8H,6-7,9H2,1-3H3. The molecule has 0 aliphatic carbocycles. The van der Waals surface area contributed by atoms with Crippen molar-refractivity contribution in [3.63, 3.8) is 0 Å². The molecule has 0 atom stereocenters. The van der Waals surface area contributed by atoms with Crippen molar-refractivity contribution in [3.8, 4) is 5.88 Å². The Morgan fingerprint density at radius 1 is 1.38 bits per heavy atom. The van der Waals surface area contributed by atoms with E-state index in [1.807, 2.05) is 13.8 Å². The molecule has 0 spiro atoms. The van der Waals surface area contributed by atoms with E-state index in [9.17, 15) is 4.79 Å². The number of hydrogen-bond donors (Lipinski definition) is 0. The molecule has 110 valence electrons. The molecule has 1 aromatic carbocycles. The summed E-state index contributed by atoms with van der Waals surface area (Å²) in [4.78, 5) is 18.1. The van der Waals surface area contributed by atoms with Crippen LogP contribution < -0.4 is 4.74 Å². The number of rotatable bonds is 3. The number of methoxy groups -OCH3 is 1. The molecular weight excluding hydrogens is 268 g/mol. The van der Waals surface area contributed by atoms with Gasteiger partial charge in [0, 0.05) is 24.6 Å². The second kappa shape index (κ2) is 5.33. The molecule has 0 saturated carbocycles. The largest absolute Gasteiger partial charge is 0.416 e. The van der Waals surface area contributed by atoms with Crippen molar-refractivity contribution < 1.29 is 14.3 Å². The lowest BCUT2D eigenvalue weighted by atomic mass is 10.0. The Morgan fingerprint density at radius 3 is 2.95 bits per heavy atom. The highest BCUT2D eigenvalue weighted by atomic mass is 16.6. The minimum absolute atomic E-state index is 0.364. The minimum atomic E-state index is -0.364. The van der Waals surface area contributed by atoms with Gasteiger partial charge in [0.15, 0.2) is 0 Å². The van der Waals surface area contributed by atoms with Gasteiger partial charge in [-0.15, -0.1) is 0 Å². The lowest BCUT2D eigenvalue weighted by Crippen LogP contribution is -2.39. The van der Waals surface area contributed by atoms with Gasteiger partial charge in [-0.1, -0.05) is 12.1 Å². The number of carbonyl (C=O) groups excluding carboxylic acids is 1. The number of nitrogens with zero attached hydrogens (tertiary/aromatic N) is 2. The van der Waals surface area contributed by atoms with E-state index in [0.717, 1.165) is 22.0 Å². The first-order valence-electron chi connectivity index (χ1n) is 6.95. The van der Waals surface area contributed by atoms with E-state index in [1.54, 1.807) is 12.0 Å². The molecule has 3 rings (SSSR count). The van der Waals surface area contributed by atoms with Gasteiger partial charge in [0.25, 0.3) is 0 Å². The Bertz CT molecular complexity index is 712. The van der Waals surface area contributed by atoms with Crippen LogP contribution in [0.4, 0.5) is 4.79 Å². The van der Waals surface area contributed by atoms with Crippen molar-refractivity contribution in [3.05, 3.63) is 34.9 Å². The van der Waals surface area contributed by atoms with Crippen LogP contribution >= 0.6 is 0 Å². The third kappa shape index (κ3) is 2.45. The molecule has 2 aromatic rings. The molecule has 0 N–H and O–H groups in total. The summed E-state index contributed by atoms with van der Waals surface area (Å²) in [7, 11) is 1.61. The summed E-state index contributed by atoms with van der Waals surface area (Å²) >= 11 is 0. The summed E-state index contributed by atoms with van der Waals surface area (Å²) in [5, 5.41) is 1.07. The molecule has 1 amide bonds. The number of benzene rings is 1. The van der Waals surface area contributed by atoms with Gasteiger partial charge >= 0.3 is 6.09 Å². The number of aromatic nitrogens is 1. The van der Waals surface area contributed by atoms with Crippen LogP contribution in [-0.4, -0.2) is 36.2 Å². The Labute approximate surface area is 123 Å². The summed E-state index contributed by atoms with van der Waals surface area (Å²) < 4.78 is 10.4. The van der Waals surface area contributed by atoms with Gasteiger partial charge in [-0.3, -0.25) is 0 Å². The van der Waals surface area contributed by atoms with Crippen LogP contribution in [-0.2, 0) is 11.3 Å². The molecule has 0 saturated heterocycles. The zero-order chi connectivity index (χ0) is 15.0. The normalized spacial score (nSPS) is 14.2. The van der Waals surface area contributed by atoms with Crippen LogP contribution in [0.15, 0.2) is 18.2 Å². The molecule has 5 nitrogen and oxygen atoms in total. The molecule has 2 heterocycles. The van der Waals surface area contributed by atoms with E-state index in [4.69, 9.17) is 9.47 Å². The fraction of sp³-hybridized carbons (Fsp3) is 0.375. The molecule has 21 heavy (non-hydrogen) atoms. The predicted molar refractivity (Wildman–Crippen MR) is 79.5 cm³/mol. The monoisotopic (exact) mass is 286 g/mol. The Morgan fingerprint density at radius 2 is 2.19 bits per heavy atom. The number of pyridine rings is 1. The van der Waals surface area contributed by atoms with Crippen LogP contribution in [0.1, 0.15) is 16.7 Å². The van der Waals surface area contributed by atoms with Gasteiger partial charge < -0.3 is 14.4 Å². The van der Waals surface area contributed by atoms with Crippen molar-refractivity contribution >= 4 is 17.0 Å². The fourth-order valence-corrected chi connectivity index (χ4v) is 2.50. The molecular formula is C16H18N2O3. The number of hydrogen-bond acceptors (Lipinski definition) is 4. The Hall–Kier alpha value is -2.14. The highest BCUT2D eigenvalue weighted by Crippen LogP contribution is 2.29. The van der Waals surface area contributed by atoms with Crippen molar-refractivity contribution in [2.75, 3.05) is 20.3 Å². The highest BCUT2D eigenvalue weighted by molar-refractivity contribution is 5.85. The number of carbonyl (C=O) groups is 1. The van der Waals surface area contributed by atoms with E-state index in [1.165, 1.54) is 5.56 Å². The third-order valence-electron chi connectivity index (χ3n) is 3.92. The summed E-state index contributed by atoms with van der Waals surface area (Å²) in [5.41, 5.74) is 4.13. The maximum absolute atomic E-state index is 12.0. The SMILES string of the molecule is COCCN1Cc2cc3ccc(C)c(C)c3nc2OC1=O. The number of aryl methyl sites for hydroxylation is 2. The third-order valence-corrected chi connectivity index (χ3v) is 3.92. The average Bonchev–Trinajstić information content (AvgIpc) is 2.48. The first kappa shape index (κ1) is 13.8. The van der Waals surface area contributed by atoms with E-state index in [2.05, 4.69) is 23.2 Å². The number of amides is 1. The van der Waals surface area contributed by atoms with Crippen LogP contribution in [0.5, 0.6) is 5.88 Å². The maximum atomic E-state index is 12.0. The summed E-state index contributed by atoms with van der Waals surface area (Å²) in [6, 6.07) is 6.19. The predicted octanol–water partition coefficient (Wildman–Crippen LogP) is 2.81. The smallest absolute Gasteiger partial charge is 0.391 e. The first-order valence-corrected chi connectivity index (χ1v) is 6.95. The average molecular weight is 286 g/mol. The minimum Gasteiger partial charge on any atom is -0.391 e. The molecule has 0 fully saturated rings. The second-order valence-corrected chi connectivity index (χ2v) is 5.31. The zero-order valence-corrected chi connectivity index (χ0v) is 12.5. The Balaban J connectivity index is 2.01. The van der Waals surface area contributed by atoms with Crippen LogP contribution in [0.3, 0.4) is 0 Å². The van der Waals surface area contributed by atoms with Gasteiger partial charge in [-0.05, 0) is 31.0 Å². The van der Waals surface area contributed by atoms with E-state index in [0.29, 0.717) is 25.6 Å². The summed E-state index contributed by atoms with van der Waals surface area (Å²) in [5.74, 6) is 0.426. The maximum Gasteiger partial charge on any atom is 0.416 e. The van der Waals surface area contributed by atoms with Crippen LogP contribution in [0, 0.1) is 13.8 Å². The van der Waals surface area contributed by atoms with Gasteiger partial charge in [-0.25, -0.2) is 9.78 Å². The summed E-state index contributed by atoms with van der Waals surface area (Å²) in [6.07, 6.45) is -0.364. The number of ether oxygens (including phenoxy) is 2.